The van der Waals surface area contributed by atoms with E-state index in [1.165, 1.54) is 11.3 Å². The highest BCUT2D eigenvalue weighted by Crippen LogP contribution is 2.13. The van der Waals surface area contributed by atoms with Gasteiger partial charge in [0.15, 0.2) is 0 Å². The summed E-state index contributed by atoms with van der Waals surface area (Å²) in [5.41, 5.74) is 2.18. The minimum Gasteiger partial charge on any atom is -0.394 e. The van der Waals surface area contributed by atoms with Gasteiger partial charge in [-0.05, 0) is 20.3 Å². The lowest BCUT2D eigenvalue weighted by molar-refractivity contribution is 0.163. The van der Waals surface area contributed by atoms with Gasteiger partial charge >= 0.3 is 0 Å². The van der Waals surface area contributed by atoms with E-state index in [1.807, 2.05) is 17.9 Å². The molecule has 1 rings (SSSR count). The minimum atomic E-state index is -0.184. The summed E-state index contributed by atoms with van der Waals surface area (Å²) in [4.78, 5) is 0. The topological polar surface area (TPSA) is 50.1 Å². The van der Waals surface area contributed by atoms with Crippen molar-refractivity contribution >= 4 is 0 Å². The number of hydrogen-bond donors (Lipinski definition) is 2. The quantitative estimate of drug-likeness (QED) is 0.769. The van der Waals surface area contributed by atoms with Crippen molar-refractivity contribution in [3.05, 3.63) is 17.5 Å². The molecule has 0 saturated carbocycles. The van der Waals surface area contributed by atoms with E-state index in [4.69, 9.17) is 0 Å². The summed E-state index contributed by atoms with van der Waals surface area (Å²) in [7, 11) is 1.94. The second-order valence-corrected chi connectivity index (χ2v) is 4.70. The second kappa shape index (κ2) is 5.46. The molecule has 1 aromatic heterocycles. The van der Waals surface area contributed by atoms with Crippen LogP contribution in [0.5, 0.6) is 0 Å². The van der Waals surface area contributed by atoms with E-state index in [0.717, 1.165) is 19.4 Å². The summed E-state index contributed by atoms with van der Waals surface area (Å²) in [6.07, 6.45) is 3.92. The van der Waals surface area contributed by atoms with Gasteiger partial charge in [0.2, 0.25) is 0 Å². The molecular formula is C12H23N3O. The monoisotopic (exact) mass is 225 g/mol. The van der Waals surface area contributed by atoms with Gasteiger partial charge in [-0.1, -0.05) is 13.3 Å². The maximum Gasteiger partial charge on any atom is 0.0610 e. The van der Waals surface area contributed by atoms with Crippen molar-refractivity contribution in [3.63, 3.8) is 0 Å². The van der Waals surface area contributed by atoms with Crippen LogP contribution >= 0.6 is 0 Å². The van der Waals surface area contributed by atoms with Gasteiger partial charge in [0.25, 0.3) is 0 Å². The number of rotatable bonds is 6. The first-order valence-corrected chi connectivity index (χ1v) is 5.86. The van der Waals surface area contributed by atoms with E-state index in [-0.39, 0.29) is 12.1 Å². The van der Waals surface area contributed by atoms with Gasteiger partial charge in [-0.3, -0.25) is 4.68 Å². The molecule has 16 heavy (non-hydrogen) atoms. The number of nitrogens with zero attached hydrogens (tertiary/aromatic N) is 2. The second-order valence-electron chi connectivity index (χ2n) is 4.70. The minimum absolute atomic E-state index is 0.167. The van der Waals surface area contributed by atoms with Crippen LogP contribution < -0.4 is 5.32 Å². The normalized spacial score (nSPS) is 15.1. The molecule has 0 saturated heterocycles. The van der Waals surface area contributed by atoms with Crippen molar-refractivity contribution in [1.29, 1.82) is 0 Å². The predicted molar refractivity (Wildman–Crippen MR) is 65.2 cm³/mol. The van der Waals surface area contributed by atoms with Crippen molar-refractivity contribution < 1.29 is 5.11 Å². The molecule has 1 atom stereocenters. The lowest BCUT2D eigenvalue weighted by Gasteiger charge is -2.28. The summed E-state index contributed by atoms with van der Waals surface area (Å²) in [5, 5.41) is 17.0. The zero-order chi connectivity index (χ0) is 12.2. The van der Waals surface area contributed by atoms with E-state index < -0.39 is 0 Å². The van der Waals surface area contributed by atoms with Crippen LogP contribution in [-0.2, 0) is 13.6 Å². The maximum absolute atomic E-state index is 9.39. The Labute approximate surface area is 97.7 Å². The standard InChI is InChI=1S/C12H23N3O/c1-5-6-12(3,9-16)13-7-11-8-14-15(4)10(11)2/h8,13,16H,5-7,9H2,1-4H3. The van der Waals surface area contributed by atoms with Crippen molar-refractivity contribution in [1.82, 2.24) is 15.1 Å². The summed E-state index contributed by atoms with van der Waals surface area (Å²) >= 11 is 0. The smallest absolute Gasteiger partial charge is 0.0610 e. The lowest BCUT2D eigenvalue weighted by Crippen LogP contribution is -2.45. The predicted octanol–water partition coefficient (Wildman–Crippen LogP) is 1.37. The van der Waals surface area contributed by atoms with E-state index >= 15 is 0 Å². The Bertz CT molecular complexity index is 335. The first kappa shape index (κ1) is 13.2. The molecule has 0 amide bonds. The van der Waals surface area contributed by atoms with E-state index in [0.29, 0.717) is 0 Å². The molecule has 4 heteroatoms. The molecule has 0 aliphatic carbocycles. The number of aromatic nitrogens is 2. The van der Waals surface area contributed by atoms with Crippen LogP contribution in [0.2, 0.25) is 0 Å². The molecule has 92 valence electrons. The van der Waals surface area contributed by atoms with Crippen molar-refractivity contribution in [3.8, 4) is 0 Å². The molecule has 1 aromatic rings. The van der Waals surface area contributed by atoms with Crippen LogP contribution in [0.1, 0.15) is 37.9 Å². The first-order chi connectivity index (χ1) is 7.52. The average Bonchev–Trinajstić information content (AvgIpc) is 2.58. The third kappa shape index (κ3) is 3.06. The van der Waals surface area contributed by atoms with Gasteiger partial charge in [-0.2, -0.15) is 5.10 Å². The molecule has 0 aliphatic rings. The van der Waals surface area contributed by atoms with Gasteiger partial charge in [-0.15, -0.1) is 0 Å². The maximum atomic E-state index is 9.39. The summed E-state index contributed by atoms with van der Waals surface area (Å²) < 4.78 is 1.87. The third-order valence-electron chi connectivity index (χ3n) is 3.19. The number of nitrogens with one attached hydrogen (secondary N) is 1. The van der Waals surface area contributed by atoms with E-state index in [9.17, 15) is 5.11 Å². The summed E-state index contributed by atoms with van der Waals surface area (Å²) in [5.74, 6) is 0. The molecule has 0 radical (unpaired) electrons. The van der Waals surface area contributed by atoms with Crippen molar-refractivity contribution in [2.75, 3.05) is 6.61 Å². The van der Waals surface area contributed by atoms with Crippen LogP contribution in [0.4, 0.5) is 0 Å². The number of aryl methyl sites for hydroxylation is 1. The molecular weight excluding hydrogens is 202 g/mol. The van der Waals surface area contributed by atoms with Gasteiger partial charge in [0, 0.05) is 30.4 Å². The molecule has 0 aromatic carbocycles. The van der Waals surface area contributed by atoms with Crippen LogP contribution in [0.25, 0.3) is 0 Å². The SMILES string of the molecule is CCCC(C)(CO)NCc1cnn(C)c1C. The highest BCUT2D eigenvalue weighted by molar-refractivity contribution is 5.15. The fourth-order valence-electron chi connectivity index (χ4n) is 1.80. The number of aliphatic hydroxyl groups is 1. The van der Waals surface area contributed by atoms with Crippen LogP contribution in [0, 0.1) is 6.92 Å². The van der Waals surface area contributed by atoms with Crippen molar-refractivity contribution in [2.45, 2.75) is 45.7 Å². The molecule has 2 N–H and O–H groups in total. The molecule has 0 bridgehead atoms. The molecule has 1 heterocycles. The zero-order valence-electron chi connectivity index (χ0n) is 10.7. The van der Waals surface area contributed by atoms with Gasteiger partial charge < -0.3 is 10.4 Å². The summed E-state index contributed by atoms with van der Waals surface area (Å²) in [6, 6.07) is 0. The molecule has 4 nitrogen and oxygen atoms in total. The largest absolute Gasteiger partial charge is 0.394 e. The zero-order valence-corrected chi connectivity index (χ0v) is 10.7. The number of aliphatic hydroxyl groups excluding tert-OH is 1. The Morgan fingerprint density at radius 3 is 2.69 bits per heavy atom. The van der Waals surface area contributed by atoms with Crippen molar-refractivity contribution in [2.24, 2.45) is 7.05 Å². The molecule has 0 fully saturated rings. The van der Waals surface area contributed by atoms with E-state index in [2.05, 4.69) is 31.2 Å². The Hall–Kier alpha value is -0.870. The van der Waals surface area contributed by atoms with Gasteiger partial charge in [0.1, 0.15) is 0 Å². The van der Waals surface area contributed by atoms with Crippen LogP contribution in [0.3, 0.4) is 0 Å². The Morgan fingerprint density at radius 1 is 1.56 bits per heavy atom. The Kier molecular flexibility index (Phi) is 4.50. The first-order valence-electron chi connectivity index (χ1n) is 5.86. The van der Waals surface area contributed by atoms with Gasteiger partial charge in [0.05, 0.1) is 12.8 Å². The van der Waals surface area contributed by atoms with Crippen LogP contribution in [0.15, 0.2) is 6.20 Å². The Morgan fingerprint density at radius 2 is 2.25 bits per heavy atom. The van der Waals surface area contributed by atoms with Gasteiger partial charge in [-0.25, -0.2) is 0 Å². The summed E-state index contributed by atoms with van der Waals surface area (Å²) in [6.45, 7) is 7.17. The fraction of sp³-hybridized carbons (Fsp3) is 0.750. The Balaban J connectivity index is 2.59. The average molecular weight is 225 g/mol. The van der Waals surface area contributed by atoms with E-state index in [1.54, 1.807) is 0 Å². The number of hydrogen-bond acceptors (Lipinski definition) is 3. The fourth-order valence-corrected chi connectivity index (χ4v) is 1.80. The van der Waals surface area contributed by atoms with Crippen LogP contribution in [-0.4, -0.2) is 27.0 Å². The molecule has 1 unspecified atom stereocenters. The highest BCUT2D eigenvalue weighted by atomic mass is 16.3. The molecule has 0 spiro atoms. The third-order valence-corrected chi connectivity index (χ3v) is 3.19. The highest BCUT2D eigenvalue weighted by Gasteiger charge is 2.21. The molecule has 0 aliphatic heterocycles. The lowest BCUT2D eigenvalue weighted by atomic mass is 9.97.